The zero-order chi connectivity index (χ0) is 33.1. The van der Waals surface area contributed by atoms with Gasteiger partial charge in [-0.3, -0.25) is 4.55 Å². The summed E-state index contributed by atoms with van der Waals surface area (Å²) in [5, 5.41) is 1.92. The molecule has 243 valence electrons. The molecule has 7 aromatic rings. The van der Waals surface area contributed by atoms with E-state index >= 15 is 0 Å². The summed E-state index contributed by atoms with van der Waals surface area (Å²) in [5.74, 6) is 0.886. The average Bonchev–Trinajstić information content (AvgIpc) is 3.81. The number of halogens is 4. The van der Waals surface area contributed by atoms with Crippen LogP contribution in [0.25, 0.3) is 89.7 Å². The Morgan fingerprint density at radius 3 is 1.51 bits per heavy atom. The predicted molar refractivity (Wildman–Crippen MR) is 184 cm³/mol. The average molecular weight is 794 g/mol. The number of nitrogens with zero attached hydrogens (tertiary/aromatic N) is 8. The molecule has 17 heteroatoms. The van der Waals surface area contributed by atoms with Crippen molar-refractivity contribution in [2.75, 3.05) is 0 Å². The molecule has 8 bridgehead atoms. The third-order valence-corrected chi connectivity index (χ3v) is 10.6. The molecule has 1 radical (unpaired) electrons. The van der Waals surface area contributed by atoms with Crippen molar-refractivity contribution < 1.29 is 30.0 Å². The van der Waals surface area contributed by atoms with E-state index in [1.54, 1.807) is 0 Å². The van der Waals surface area contributed by atoms with Crippen LogP contribution in [0.15, 0.2) is 71.6 Å². The normalized spacial score (nSPS) is 12.2. The minimum absolute atomic E-state index is 0. The van der Waals surface area contributed by atoms with Crippen LogP contribution in [0.4, 0.5) is 0 Å². The van der Waals surface area contributed by atoms with Gasteiger partial charge in [0.05, 0.1) is 36.6 Å². The fourth-order valence-electron chi connectivity index (χ4n) is 5.81. The van der Waals surface area contributed by atoms with Gasteiger partial charge in [-0.15, -0.1) is 0 Å². The van der Waals surface area contributed by atoms with E-state index in [2.05, 4.69) is 4.98 Å². The van der Waals surface area contributed by atoms with Gasteiger partial charge < -0.3 is 24.9 Å². The maximum absolute atomic E-state index is 12.1. The first-order valence-corrected chi connectivity index (χ1v) is 16.9. The Morgan fingerprint density at radius 1 is 0.510 bits per heavy atom. The number of hydrogen-bond acceptors (Lipinski definition) is 8. The van der Waals surface area contributed by atoms with Crippen LogP contribution < -0.4 is 9.97 Å². The Hall–Kier alpha value is -4.17. The third kappa shape index (κ3) is 4.92. The summed E-state index contributed by atoms with van der Waals surface area (Å²) < 4.78 is 34.1. The van der Waals surface area contributed by atoms with Gasteiger partial charge in [0, 0.05) is 55.6 Å². The Labute approximate surface area is 306 Å². The fourth-order valence-corrected chi connectivity index (χ4v) is 7.34. The van der Waals surface area contributed by atoms with Crippen molar-refractivity contribution in [2.45, 2.75) is 4.90 Å². The molecule has 0 amide bonds. The molecule has 2 aliphatic rings. The number of fused-ring (bicyclic) bond motifs is 20. The van der Waals surface area contributed by atoms with Gasteiger partial charge in [-0.1, -0.05) is 94.9 Å². The van der Waals surface area contributed by atoms with Crippen molar-refractivity contribution in [3.63, 3.8) is 0 Å². The summed E-state index contributed by atoms with van der Waals surface area (Å²) in [4.78, 5) is 37.7. The standard InChI is InChI=1S/C32H12Cl4N8O3S.Cu/c33-21-19-20(22(34)24(36)23(21)35)32-43-30-18-11-12(48(45,46)47)9-10-17(18)29(41-30)40-27-14-6-2-1-5-13(14)25(38-27)37-26-15-7-3-4-8-16(15)28(39-26)42-31(19)44-32;/h1-11H,(H-2,37,38,39,40,41,42,43,44,45,46,47);/q-2;+2. The zero-order valence-electron chi connectivity index (χ0n) is 23.9. The molecule has 3 aromatic heterocycles. The second-order valence-corrected chi connectivity index (χ2v) is 13.7. The second kappa shape index (κ2) is 11.4. The van der Waals surface area contributed by atoms with Crippen LogP contribution in [0.3, 0.4) is 0 Å². The number of benzene rings is 4. The van der Waals surface area contributed by atoms with Gasteiger partial charge in [0.2, 0.25) is 0 Å². The van der Waals surface area contributed by atoms with Crippen molar-refractivity contribution in [3.8, 4) is 45.6 Å². The topological polar surface area (TPSA) is 160 Å². The second-order valence-electron chi connectivity index (χ2n) is 10.8. The van der Waals surface area contributed by atoms with E-state index in [9.17, 15) is 13.0 Å². The number of rotatable bonds is 1. The van der Waals surface area contributed by atoms with Gasteiger partial charge in [0.1, 0.15) is 0 Å². The van der Waals surface area contributed by atoms with Crippen molar-refractivity contribution in [2.24, 2.45) is 0 Å². The van der Waals surface area contributed by atoms with Gasteiger partial charge in [-0.25, -0.2) is 15.0 Å². The maximum Gasteiger partial charge on any atom is 2.00 e. The van der Waals surface area contributed by atoms with Gasteiger partial charge in [-0.05, 0) is 29.0 Å². The minimum atomic E-state index is -4.59. The Kier molecular flexibility index (Phi) is 7.49. The fraction of sp³-hybridized carbons (Fsp3) is 0. The molecule has 0 saturated carbocycles. The van der Waals surface area contributed by atoms with Gasteiger partial charge in [0.15, 0.2) is 11.6 Å². The van der Waals surface area contributed by atoms with Gasteiger partial charge >= 0.3 is 17.1 Å². The molecule has 0 spiro atoms. The predicted octanol–water partition coefficient (Wildman–Crippen LogP) is 7.99. The first-order valence-electron chi connectivity index (χ1n) is 13.9. The Morgan fingerprint density at radius 2 is 0.939 bits per heavy atom. The van der Waals surface area contributed by atoms with Gasteiger partial charge in [0.25, 0.3) is 10.1 Å². The summed E-state index contributed by atoms with van der Waals surface area (Å²) in [6.07, 6.45) is 0. The van der Waals surface area contributed by atoms with E-state index in [1.807, 2.05) is 48.5 Å². The van der Waals surface area contributed by atoms with Crippen molar-refractivity contribution in [3.05, 3.63) is 86.8 Å². The number of hydrogen-bond donors (Lipinski definition) is 1. The molecule has 2 aliphatic heterocycles. The molecule has 9 rings (SSSR count). The van der Waals surface area contributed by atoms with E-state index in [0.29, 0.717) is 39.5 Å². The SMILES string of the molecule is O=S(=O)(O)c1ccc2c(c1)-c1nc-2nc2nc(nc3[n-]c(nc4[n-]c(n1)c1c(Cl)c(Cl)c(Cl)c(Cl)c41)c1ccccc31)-c1ccccc1-2.[Cu+2]. The minimum Gasteiger partial charge on any atom is -0.357 e. The van der Waals surface area contributed by atoms with Crippen LogP contribution in [0.2, 0.25) is 20.1 Å². The van der Waals surface area contributed by atoms with Crippen LogP contribution in [0, 0.1) is 0 Å². The van der Waals surface area contributed by atoms with E-state index in [0.717, 1.165) is 10.9 Å². The van der Waals surface area contributed by atoms with Crippen molar-refractivity contribution >= 4 is 101 Å². The molecular formula is C32H12Cl4CuN8O3S. The van der Waals surface area contributed by atoms with Crippen LogP contribution in [-0.2, 0) is 27.2 Å². The molecule has 49 heavy (non-hydrogen) atoms. The molecule has 5 heterocycles. The van der Waals surface area contributed by atoms with Crippen molar-refractivity contribution in [1.29, 1.82) is 0 Å². The smallest absolute Gasteiger partial charge is 0.357 e. The quantitative estimate of drug-likeness (QED) is 0.0743. The Bertz CT molecular complexity index is 2900. The molecule has 0 saturated heterocycles. The maximum atomic E-state index is 12.1. The summed E-state index contributed by atoms with van der Waals surface area (Å²) in [5.41, 5.74) is 2.87. The first-order chi connectivity index (χ1) is 23.1. The summed E-state index contributed by atoms with van der Waals surface area (Å²) >= 11 is 26.5. The molecule has 0 fully saturated rings. The van der Waals surface area contributed by atoms with Crippen LogP contribution >= 0.6 is 46.4 Å². The van der Waals surface area contributed by atoms with Crippen LogP contribution in [0.1, 0.15) is 0 Å². The molecular weight excluding hydrogens is 782 g/mol. The van der Waals surface area contributed by atoms with Gasteiger partial charge in [-0.2, -0.15) is 8.42 Å². The van der Waals surface area contributed by atoms with E-state index in [4.69, 9.17) is 81.3 Å². The van der Waals surface area contributed by atoms with Crippen LogP contribution in [0.5, 0.6) is 0 Å². The molecule has 0 unspecified atom stereocenters. The monoisotopic (exact) mass is 791 g/mol. The van der Waals surface area contributed by atoms with E-state index in [1.165, 1.54) is 18.2 Å². The third-order valence-electron chi connectivity index (χ3n) is 8.00. The molecule has 1 N–H and O–H groups in total. The molecule has 0 atom stereocenters. The van der Waals surface area contributed by atoms with E-state index in [-0.39, 0.29) is 81.3 Å². The first kappa shape index (κ1) is 32.1. The summed E-state index contributed by atoms with van der Waals surface area (Å²) in [7, 11) is -4.59. The summed E-state index contributed by atoms with van der Waals surface area (Å²) in [6, 6.07) is 18.9. The van der Waals surface area contributed by atoms with E-state index < -0.39 is 10.1 Å². The zero-order valence-corrected chi connectivity index (χ0v) is 28.7. The number of aromatic nitrogens is 8. The molecule has 0 aliphatic carbocycles. The largest absolute Gasteiger partial charge is 2.00 e. The summed E-state index contributed by atoms with van der Waals surface area (Å²) in [6.45, 7) is 0. The molecule has 4 aromatic carbocycles. The van der Waals surface area contributed by atoms with Crippen LogP contribution in [-0.4, -0.2) is 42.9 Å². The Balaban J connectivity index is 0.00000348. The van der Waals surface area contributed by atoms with Crippen molar-refractivity contribution in [1.82, 2.24) is 39.9 Å². The molecule has 11 nitrogen and oxygen atoms in total.